The Kier molecular flexibility index (Phi) is 4.78. The topological polar surface area (TPSA) is 32.8 Å². The zero-order valence-corrected chi connectivity index (χ0v) is 13.2. The lowest BCUT2D eigenvalue weighted by Gasteiger charge is -2.36. The first kappa shape index (κ1) is 15.1. The number of benzene rings is 1. The summed E-state index contributed by atoms with van der Waals surface area (Å²) >= 11 is 0. The molecule has 1 unspecified atom stereocenters. The molecule has 1 amide bonds. The van der Waals surface area contributed by atoms with Crippen LogP contribution in [0.15, 0.2) is 36.4 Å². The van der Waals surface area contributed by atoms with Crippen molar-refractivity contribution in [3.63, 3.8) is 0 Å². The molecule has 0 N–H and O–H groups in total. The van der Waals surface area contributed by atoms with Crippen LogP contribution in [0.25, 0.3) is 0 Å². The molecule has 2 aliphatic rings. The van der Waals surface area contributed by atoms with Gasteiger partial charge in [-0.2, -0.15) is 0 Å². The molecule has 4 heteroatoms. The third-order valence-corrected chi connectivity index (χ3v) is 4.56. The minimum absolute atomic E-state index is 0.186. The van der Waals surface area contributed by atoms with Crippen molar-refractivity contribution in [2.45, 2.75) is 19.3 Å². The van der Waals surface area contributed by atoms with Crippen molar-refractivity contribution in [2.75, 3.05) is 38.2 Å². The number of methoxy groups -OCH3 is 1. The molecule has 1 fully saturated rings. The van der Waals surface area contributed by atoms with Gasteiger partial charge in [-0.15, -0.1) is 0 Å². The summed E-state index contributed by atoms with van der Waals surface area (Å²) in [6.07, 6.45) is 8.14. The van der Waals surface area contributed by atoms with E-state index in [9.17, 15) is 4.79 Å². The number of hydrogen-bond acceptors (Lipinski definition) is 3. The van der Waals surface area contributed by atoms with Crippen LogP contribution in [0.2, 0.25) is 0 Å². The Morgan fingerprint density at radius 3 is 2.91 bits per heavy atom. The summed E-state index contributed by atoms with van der Waals surface area (Å²) in [6.45, 7) is 3.27. The maximum absolute atomic E-state index is 12.5. The third-order valence-electron chi connectivity index (χ3n) is 4.56. The highest BCUT2D eigenvalue weighted by Gasteiger charge is 2.26. The second kappa shape index (κ2) is 6.97. The minimum Gasteiger partial charge on any atom is -0.497 e. The first-order valence-electron chi connectivity index (χ1n) is 8.08. The lowest BCUT2D eigenvalue weighted by Crippen LogP contribution is -2.51. The Morgan fingerprint density at radius 2 is 2.18 bits per heavy atom. The van der Waals surface area contributed by atoms with Crippen LogP contribution >= 0.6 is 0 Å². The fourth-order valence-electron chi connectivity index (χ4n) is 3.32. The number of anilines is 1. The number of hydrogen-bond donors (Lipinski definition) is 0. The second-order valence-corrected chi connectivity index (χ2v) is 6.13. The van der Waals surface area contributed by atoms with Crippen LogP contribution in [0, 0.1) is 5.92 Å². The number of piperazine rings is 1. The van der Waals surface area contributed by atoms with Crippen molar-refractivity contribution in [3.8, 4) is 5.75 Å². The predicted octanol–water partition coefficient (Wildman–Crippen LogP) is 2.70. The number of nitrogens with zero attached hydrogens (tertiary/aromatic N) is 2. The van der Waals surface area contributed by atoms with Gasteiger partial charge in [0.2, 0.25) is 5.91 Å². The normalized spacial score (nSPS) is 22.9. The molecule has 1 aromatic rings. The Hall–Kier alpha value is -1.81. The van der Waals surface area contributed by atoms with Gasteiger partial charge in [-0.1, -0.05) is 18.2 Å². The van der Waals surface area contributed by atoms with Crippen LogP contribution in [0.4, 0.5) is 5.69 Å². The largest absolute Gasteiger partial charge is 0.497 e. The Bertz CT molecular complexity index is 556. The minimum atomic E-state index is 0.186. The Labute approximate surface area is 132 Å². The molecule has 1 aromatic carbocycles. The molecule has 3 rings (SSSR count). The summed E-state index contributed by atoms with van der Waals surface area (Å²) in [5.74, 6) is 1.69. The molecule has 0 aromatic heterocycles. The van der Waals surface area contributed by atoms with Crippen molar-refractivity contribution in [1.29, 1.82) is 0 Å². The van der Waals surface area contributed by atoms with Gasteiger partial charge in [0, 0.05) is 31.4 Å². The number of carbonyl (C=O) groups is 1. The monoisotopic (exact) mass is 300 g/mol. The number of carbonyl (C=O) groups excluding carboxylic acids is 1. The summed E-state index contributed by atoms with van der Waals surface area (Å²) in [5.41, 5.74) is 0.935. The van der Waals surface area contributed by atoms with Crippen molar-refractivity contribution in [2.24, 2.45) is 5.92 Å². The van der Waals surface area contributed by atoms with E-state index in [2.05, 4.69) is 17.1 Å². The van der Waals surface area contributed by atoms with Gasteiger partial charge in [-0.3, -0.25) is 9.69 Å². The van der Waals surface area contributed by atoms with Gasteiger partial charge in [-0.25, -0.2) is 0 Å². The number of allylic oxidation sites excluding steroid dienone is 2. The van der Waals surface area contributed by atoms with Gasteiger partial charge in [-0.05, 0) is 37.3 Å². The van der Waals surface area contributed by atoms with E-state index in [0.717, 1.165) is 37.5 Å². The van der Waals surface area contributed by atoms with Gasteiger partial charge in [0.1, 0.15) is 5.75 Å². The van der Waals surface area contributed by atoms with Crippen molar-refractivity contribution < 1.29 is 9.53 Å². The molecule has 4 nitrogen and oxygen atoms in total. The summed E-state index contributed by atoms with van der Waals surface area (Å²) < 4.78 is 5.25. The van der Waals surface area contributed by atoms with E-state index in [1.807, 2.05) is 29.2 Å². The van der Waals surface area contributed by atoms with Gasteiger partial charge in [0.25, 0.3) is 0 Å². The molecule has 1 atom stereocenters. The smallest absolute Gasteiger partial charge is 0.241 e. The van der Waals surface area contributed by atoms with E-state index in [4.69, 9.17) is 4.74 Å². The molecule has 1 aliphatic carbocycles. The average molecular weight is 300 g/mol. The number of rotatable bonds is 4. The lowest BCUT2D eigenvalue weighted by atomic mass is 9.94. The first-order chi connectivity index (χ1) is 10.8. The highest BCUT2D eigenvalue weighted by atomic mass is 16.5. The van der Waals surface area contributed by atoms with Crippen LogP contribution in [-0.4, -0.2) is 44.1 Å². The molecule has 0 spiro atoms. The zero-order chi connectivity index (χ0) is 15.4. The van der Waals surface area contributed by atoms with Crippen LogP contribution < -0.4 is 9.64 Å². The predicted molar refractivity (Wildman–Crippen MR) is 88.3 cm³/mol. The molecule has 22 heavy (non-hydrogen) atoms. The molecular formula is C18H24N2O2. The van der Waals surface area contributed by atoms with Crippen LogP contribution in [-0.2, 0) is 4.79 Å². The molecular weight excluding hydrogens is 276 g/mol. The van der Waals surface area contributed by atoms with E-state index in [1.165, 1.54) is 12.8 Å². The van der Waals surface area contributed by atoms with Crippen molar-refractivity contribution in [1.82, 2.24) is 4.90 Å². The lowest BCUT2D eigenvalue weighted by molar-refractivity contribution is -0.121. The van der Waals surface area contributed by atoms with Gasteiger partial charge < -0.3 is 9.64 Å². The first-order valence-corrected chi connectivity index (χ1v) is 8.08. The molecule has 0 saturated carbocycles. The highest BCUT2D eigenvalue weighted by molar-refractivity contribution is 5.95. The van der Waals surface area contributed by atoms with Gasteiger partial charge in [0.15, 0.2) is 0 Å². The summed E-state index contributed by atoms with van der Waals surface area (Å²) in [5, 5.41) is 0. The van der Waals surface area contributed by atoms with Crippen LogP contribution in [0.3, 0.4) is 0 Å². The summed E-state index contributed by atoms with van der Waals surface area (Å²) in [4.78, 5) is 16.7. The molecule has 0 bridgehead atoms. The third kappa shape index (κ3) is 3.50. The molecule has 1 aliphatic heterocycles. The van der Waals surface area contributed by atoms with E-state index < -0.39 is 0 Å². The Morgan fingerprint density at radius 1 is 1.27 bits per heavy atom. The van der Waals surface area contributed by atoms with E-state index >= 15 is 0 Å². The quantitative estimate of drug-likeness (QED) is 0.802. The zero-order valence-electron chi connectivity index (χ0n) is 13.2. The highest BCUT2D eigenvalue weighted by Crippen LogP contribution is 2.24. The van der Waals surface area contributed by atoms with Gasteiger partial charge in [0.05, 0.1) is 13.7 Å². The molecule has 0 radical (unpaired) electrons. The maximum Gasteiger partial charge on any atom is 0.241 e. The molecule has 1 heterocycles. The fraction of sp³-hybridized carbons (Fsp3) is 0.500. The van der Waals surface area contributed by atoms with Crippen molar-refractivity contribution in [3.05, 3.63) is 36.4 Å². The second-order valence-electron chi connectivity index (χ2n) is 6.13. The van der Waals surface area contributed by atoms with E-state index in [-0.39, 0.29) is 5.91 Å². The SMILES string of the molecule is COc1cccc(N2CCN(CC3CC=CCC3)CC2=O)c1. The average Bonchev–Trinajstić information content (AvgIpc) is 2.56. The molecule has 1 saturated heterocycles. The standard InChI is InChI=1S/C18H24N2O2/c1-22-17-9-5-8-16(12-17)20-11-10-19(14-18(20)21)13-15-6-3-2-4-7-15/h2-3,5,8-9,12,15H,4,6-7,10-11,13-14H2,1H3. The Balaban J connectivity index is 1.59. The van der Waals surface area contributed by atoms with Crippen molar-refractivity contribution >= 4 is 11.6 Å². The van der Waals surface area contributed by atoms with E-state index in [0.29, 0.717) is 12.5 Å². The van der Waals surface area contributed by atoms with Crippen LogP contribution in [0.5, 0.6) is 5.75 Å². The summed E-state index contributed by atoms with van der Waals surface area (Å²) in [7, 11) is 1.65. The number of amides is 1. The summed E-state index contributed by atoms with van der Waals surface area (Å²) in [6, 6.07) is 7.74. The fourth-order valence-corrected chi connectivity index (χ4v) is 3.32. The van der Waals surface area contributed by atoms with Crippen LogP contribution in [0.1, 0.15) is 19.3 Å². The van der Waals surface area contributed by atoms with E-state index in [1.54, 1.807) is 7.11 Å². The molecule has 118 valence electrons. The van der Waals surface area contributed by atoms with Gasteiger partial charge >= 0.3 is 0 Å². The maximum atomic E-state index is 12.5. The number of ether oxygens (including phenoxy) is 1.